The molecule has 0 aliphatic carbocycles. The van der Waals surface area contributed by atoms with Crippen molar-refractivity contribution in [3.05, 3.63) is 23.8 Å². The molecule has 2 unspecified atom stereocenters. The van der Waals surface area contributed by atoms with Gasteiger partial charge in [-0.3, -0.25) is 9.59 Å². The van der Waals surface area contributed by atoms with E-state index >= 15 is 0 Å². The predicted octanol–water partition coefficient (Wildman–Crippen LogP) is 2.04. The quantitative estimate of drug-likeness (QED) is 0.823. The zero-order chi connectivity index (χ0) is 18.7. The van der Waals surface area contributed by atoms with Crippen LogP contribution in [0.25, 0.3) is 0 Å². The molecule has 6 nitrogen and oxygen atoms in total. The third-order valence-corrected chi connectivity index (χ3v) is 5.18. The van der Waals surface area contributed by atoms with Crippen molar-refractivity contribution in [1.29, 1.82) is 0 Å². The Morgan fingerprint density at radius 2 is 2.15 bits per heavy atom. The summed E-state index contributed by atoms with van der Waals surface area (Å²) >= 11 is 1.08. The number of thioether (sulfide) groups is 1. The molecule has 2 atom stereocenters. The summed E-state index contributed by atoms with van der Waals surface area (Å²) in [5, 5.41) is 4.43. The van der Waals surface area contributed by atoms with Gasteiger partial charge in [0.15, 0.2) is 0 Å². The fourth-order valence-electron chi connectivity index (χ4n) is 2.58. The first-order valence-corrected chi connectivity index (χ1v) is 8.85. The average molecular weight is 390 g/mol. The van der Waals surface area contributed by atoms with Crippen molar-refractivity contribution >= 4 is 29.3 Å². The average Bonchev–Trinajstić information content (AvgIpc) is 2.60. The molecular weight excluding hydrogens is 373 g/mol. The van der Waals surface area contributed by atoms with Gasteiger partial charge in [-0.15, -0.1) is 11.8 Å². The Bertz CT molecular complexity index is 693. The van der Waals surface area contributed by atoms with E-state index in [1.165, 1.54) is 6.07 Å². The number of alkyl halides is 3. The molecule has 1 fully saturated rings. The van der Waals surface area contributed by atoms with Gasteiger partial charge in [-0.05, 0) is 18.2 Å². The molecule has 1 aromatic carbocycles. The van der Waals surface area contributed by atoms with E-state index in [0.717, 1.165) is 23.9 Å². The molecule has 142 valence electrons. The molecule has 0 spiro atoms. The minimum absolute atomic E-state index is 0.0788. The summed E-state index contributed by atoms with van der Waals surface area (Å²) in [6.45, 7) is 1.67. The number of nitrogens with one attached hydrogen (secondary N) is 2. The van der Waals surface area contributed by atoms with Crippen LogP contribution in [0.3, 0.4) is 0 Å². The monoisotopic (exact) mass is 390 g/mol. The van der Waals surface area contributed by atoms with E-state index in [1.54, 1.807) is 0 Å². The number of anilines is 1. The predicted molar refractivity (Wildman–Crippen MR) is 87.9 cm³/mol. The Labute approximate surface area is 151 Å². The number of carbonyl (C=O) groups excluding carboxylic acids is 2. The minimum Gasteiger partial charge on any atom is -0.376 e. The molecule has 0 radical (unpaired) electrons. The summed E-state index contributed by atoms with van der Waals surface area (Å²) in [4.78, 5) is 24.7. The normalized spacial score (nSPS) is 23.1. The molecule has 2 heterocycles. The fraction of sp³-hybridized carbons (Fsp3) is 0.500. The second-order valence-corrected chi connectivity index (χ2v) is 7.12. The van der Waals surface area contributed by atoms with Crippen LogP contribution in [0.5, 0.6) is 0 Å². The molecule has 3 rings (SSSR count). The number of ether oxygens (including phenoxy) is 2. The Kier molecular flexibility index (Phi) is 5.73. The van der Waals surface area contributed by atoms with E-state index in [4.69, 9.17) is 9.47 Å². The first-order valence-electron chi connectivity index (χ1n) is 7.98. The van der Waals surface area contributed by atoms with Crippen molar-refractivity contribution < 1.29 is 32.2 Å². The van der Waals surface area contributed by atoms with Gasteiger partial charge in [0, 0.05) is 17.9 Å². The Morgan fingerprint density at radius 1 is 1.35 bits per heavy atom. The Balaban J connectivity index is 1.57. The summed E-state index contributed by atoms with van der Waals surface area (Å²) in [5.41, 5.74) is -0.720. The zero-order valence-electron chi connectivity index (χ0n) is 13.6. The van der Waals surface area contributed by atoms with Gasteiger partial charge < -0.3 is 20.1 Å². The van der Waals surface area contributed by atoms with Crippen LogP contribution < -0.4 is 10.6 Å². The molecule has 26 heavy (non-hydrogen) atoms. The molecule has 0 aromatic heterocycles. The maximum absolute atomic E-state index is 12.8. The highest BCUT2D eigenvalue weighted by Gasteiger charge is 2.34. The highest BCUT2D eigenvalue weighted by molar-refractivity contribution is 8.01. The van der Waals surface area contributed by atoms with E-state index in [0.29, 0.717) is 24.7 Å². The van der Waals surface area contributed by atoms with E-state index in [-0.39, 0.29) is 30.7 Å². The highest BCUT2D eigenvalue weighted by Crippen LogP contribution is 2.40. The number of hydrogen-bond acceptors (Lipinski definition) is 5. The standard InChI is InChI=1S/C16H17F3N2O4S/c17-16(18,19)9-1-2-12-11(5-9)21-15(23)13(26-12)6-14(22)20-7-10-8-24-3-4-25-10/h1-2,5,10,13H,3-4,6-8H2,(H,20,22)(H,21,23). The molecule has 0 saturated carbocycles. The lowest BCUT2D eigenvalue weighted by Crippen LogP contribution is -2.41. The lowest BCUT2D eigenvalue weighted by atomic mass is 10.1. The second kappa shape index (κ2) is 7.85. The van der Waals surface area contributed by atoms with E-state index in [1.807, 2.05) is 0 Å². The van der Waals surface area contributed by atoms with Crippen molar-refractivity contribution in [2.45, 2.75) is 28.8 Å². The summed E-state index contributed by atoms with van der Waals surface area (Å²) < 4.78 is 48.9. The number of fused-ring (bicyclic) bond motifs is 1. The van der Waals surface area contributed by atoms with Gasteiger partial charge in [0.25, 0.3) is 0 Å². The van der Waals surface area contributed by atoms with Gasteiger partial charge in [-0.2, -0.15) is 13.2 Å². The topological polar surface area (TPSA) is 76.7 Å². The van der Waals surface area contributed by atoms with Crippen molar-refractivity contribution in [2.75, 3.05) is 31.7 Å². The van der Waals surface area contributed by atoms with Gasteiger partial charge in [0.2, 0.25) is 11.8 Å². The minimum atomic E-state index is -4.48. The third kappa shape index (κ3) is 4.68. The van der Waals surface area contributed by atoms with Gasteiger partial charge >= 0.3 is 6.18 Å². The highest BCUT2D eigenvalue weighted by atomic mass is 32.2. The molecule has 10 heteroatoms. The van der Waals surface area contributed by atoms with Crippen LogP contribution in [0.1, 0.15) is 12.0 Å². The number of amides is 2. The Morgan fingerprint density at radius 3 is 2.85 bits per heavy atom. The smallest absolute Gasteiger partial charge is 0.376 e. The summed E-state index contributed by atoms with van der Waals surface area (Å²) in [6.07, 6.45) is -4.78. The van der Waals surface area contributed by atoms with Crippen molar-refractivity contribution in [2.24, 2.45) is 0 Å². The SMILES string of the molecule is O=C(CC1Sc2ccc(C(F)(F)F)cc2NC1=O)NCC1COCCO1. The van der Waals surface area contributed by atoms with Crippen molar-refractivity contribution in [3.63, 3.8) is 0 Å². The largest absolute Gasteiger partial charge is 0.416 e. The molecule has 2 amide bonds. The Hall–Kier alpha value is -1.78. The third-order valence-electron chi connectivity index (χ3n) is 3.91. The number of halogens is 3. The molecule has 2 aliphatic heterocycles. The molecule has 1 saturated heterocycles. The number of hydrogen-bond donors (Lipinski definition) is 2. The molecule has 0 bridgehead atoms. The first-order chi connectivity index (χ1) is 12.3. The van der Waals surface area contributed by atoms with Crippen LogP contribution in [0.15, 0.2) is 23.1 Å². The van der Waals surface area contributed by atoms with Gasteiger partial charge in [0.05, 0.1) is 42.4 Å². The van der Waals surface area contributed by atoms with E-state index in [9.17, 15) is 22.8 Å². The van der Waals surface area contributed by atoms with Gasteiger partial charge in [0.1, 0.15) is 0 Å². The summed E-state index contributed by atoms with van der Waals surface area (Å²) in [7, 11) is 0. The maximum atomic E-state index is 12.8. The van der Waals surface area contributed by atoms with E-state index < -0.39 is 22.9 Å². The van der Waals surface area contributed by atoms with Crippen molar-refractivity contribution in [3.8, 4) is 0 Å². The molecule has 1 aromatic rings. The first kappa shape index (κ1) is 19.0. The van der Waals surface area contributed by atoms with E-state index in [2.05, 4.69) is 10.6 Å². The van der Waals surface area contributed by atoms with Crippen LogP contribution in [0.4, 0.5) is 18.9 Å². The van der Waals surface area contributed by atoms with Gasteiger partial charge in [-0.1, -0.05) is 0 Å². The van der Waals surface area contributed by atoms with Crippen molar-refractivity contribution in [1.82, 2.24) is 5.32 Å². The van der Waals surface area contributed by atoms with Crippen LogP contribution in [-0.2, 0) is 25.2 Å². The van der Waals surface area contributed by atoms with Crippen LogP contribution in [0, 0.1) is 0 Å². The molecule has 2 aliphatic rings. The lowest BCUT2D eigenvalue weighted by molar-refractivity contribution is -0.137. The van der Waals surface area contributed by atoms with Crippen LogP contribution >= 0.6 is 11.8 Å². The number of benzene rings is 1. The summed E-state index contributed by atoms with van der Waals surface area (Å²) in [5.74, 6) is -0.823. The second-order valence-electron chi connectivity index (χ2n) is 5.88. The van der Waals surface area contributed by atoms with Crippen LogP contribution in [0.2, 0.25) is 0 Å². The summed E-state index contributed by atoms with van der Waals surface area (Å²) in [6, 6.07) is 3.16. The van der Waals surface area contributed by atoms with Gasteiger partial charge in [-0.25, -0.2) is 0 Å². The molecular formula is C16H17F3N2O4S. The van der Waals surface area contributed by atoms with Crippen LogP contribution in [-0.4, -0.2) is 49.5 Å². The number of rotatable bonds is 4. The zero-order valence-corrected chi connectivity index (χ0v) is 14.4. The fourth-order valence-corrected chi connectivity index (χ4v) is 3.67. The number of carbonyl (C=O) groups is 2. The molecule has 2 N–H and O–H groups in total. The maximum Gasteiger partial charge on any atom is 0.416 e. The lowest BCUT2D eigenvalue weighted by Gasteiger charge is -2.25.